The zero-order valence-electron chi connectivity index (χ0n) is 15.4. The van der Waals surface area contributed by atoms with Gasteiger partial charge in [0.15, 0.2) is 0 Å². The molecule has 1 saturated carbocycles. The Balaban J connectivity index is 2.21. The number of hydrogen-bond donors (Lipinski definition) is 2. The molecule has 0 aromatic rings. The molecule has 0 aromatic heterocycles. The first-order valence-corrected chi connectivity index (χ1v) is 8.91. The van der Waals surface area contributed by atoms with E-state index in [0.29, 0.717) is 12.1 Å². The van der Waals surface area contributed by atoms with Gasteiger partial charge in [-0.2, -0.15) is 0 Å². The number of hydrogen-bond acceptors (Lipinski definition) is 3. The topological polar surface area (TPSA) is 50.4 Å². The molecule has 1 amide bonds. The van der Waals surface area contributed by atoms with Crippen LogP contribution in [0.2, 0.25) is 0 Å². The lowest BCUT2D eigenvalue weighted by atomic mass is 10.0. The standard InChI is InChI=1S/C18H36N2O2/c1-13(2)8-7-9-14(3)19-15-10-11-16(12-15)20-17(21)22-18(4,5)6/h13-16,19H,7-12H2,1-6H3,(H,20,21). The summed E-state index contributed by atoms with van der Waals surface area (Å²) in [5.74, 6) is 0.793. The maximum Gasteiger partial charge on any atom is 0.407 e. The molecule has 3 unspecified atom stereocenters. The Morgan fingerprint density at radius 3 is 2.36 bits per heavy atom. The van der Waals surface area contributed by atoms with Crippen molar-refractivity contribution in [1.82, 2.24) is 10.6 Å². The van der Waals surface area contributed by atoms with Gasteiger partial charge in [0, 0.05) is 18.1 Å². The molecule has 2 N–H and O–H groups in total. The SMILES string of the molecule is CC(C)CCCC(C)NC1CCC(NC(=O)OC(C)(C)C)C1. The highest BCUT2D eigenvalue weighted by molar-refractivity contribution is 5.68. The van der Waals surface area contributed by atoms with E-state index in [-0.39, 0.29) is 12.1 Å². The van der Waals surface area contributed by atoms with Gasteiger partial charge in [0.1, 0.15) is 5.60 Å². The molecule has 1 aliphatic carbocycles. The van der Waals surface area contributed by atoms with Crippen LogP contribution < -0.4 is 10.6 Å². The maximum atomic E-state index is 11.8. The summed E-state index contributed by atoms with van der Waals surface area (Å²) in [6.07, 6.45) is 6.72. The predicted molar refractivity (Wildman–Crippen MR) is 92.1 cm³/mol. The molecule has 22 heavy (non-hydrogen) atoms. The lowest BCUT2D eigenvalue weighted by molar-refractivity contribution is 0.0505. The van der Waals surface area contributed by atoms with Crippen molar-refractivity contribution in [3.05, 3.63) is 0 Å². The van der Waals surface area contributed by atoms with Crippen molar-refractivity contribution < 1.29 is 9.53 Å². The van der Waals surface area contributed by atoms with Crippen LogP contribution in [0.25, 0.3) is 0 Å². The van der Waals surface area contributed by atoms with Crippen LogP contribution in [0.1, 0.15) is 80.1 Å². The molecule has 4 heteroatoms. The summed E-state index contributed by atoms with van der Waals surface area (Å²) in [5, 5.41) is 6.71. The van der Waals surface area contributed by atoms with Crippen LogP contribution in [0, 0.1) is 5.92 Å². The minimum atomic E-state index is -0.425. The molecule has 0 radical (unpaired) electrons. The number of alkyl carbamates (subject to hydrolysis) is 1. The third-order valence-electron chi connectivity index (χ3n) is 4.09. The van der Waals surface area contributed by atoms with Crippen molar-refractivity contribution in [2.45, 2.75) is 104 Å². The van der Waals surface area contributed by atoms with Crippen molar-refractivity contribution in [3.63, 3.8) is 0 Å². The van der Waals surface area contributed by atoms with Crippen LogP contribution >= 0.6 is 0 Å². The first-order valence-electron chi connectivity index (χ1n) is 8.91. The van der Waals surface area contributed by atoms with Gasteiger partial charge in [-0.3, -0.25) is 0 Å². The average Bonchev–Trinajstić information content (AvgIpc) is 2.72. The smallest absolute Gasteiger partial charge is 0.407 e. The molecule has 0 aromatic carbocycles. The van der Waals surface area contributed by atoms with Crippen LogP contribution in [-0.2, 0) is 4.74 Å². The number of amides is 1. The fraction of sp³-hybridized carbons (Fsp3) is 0.944. The van der Waals surface area contributed by atoms with Crippen LogP contribution in [0.15, 0.2) is 0 Å². The Kier molecular flexibility index (Phi) is 7.67. The van der Waals surface area contributed by atoms with Crippen molar-refractivity contribution in [3.8, 4) is 0 Å². The lowest BCUT2D eigenvalue weighted by Gasteiger charge is -2.22. The predicted octanol–water partition coefficient (Wildman–Crippen LogP) is 4.24. The summed E-state index contributed by atoms with van der Waals surface area (Å²) in [6, 6.07) is 1.33. The Morgan fingerprint density at radius 1 is 1.14 bits per heavy atom. The zero-order valence-corrected chi connectivity index (χ0v) is 15.4. The number of carbonyl (C=O) groups is 1. The van der Waals surface area contributed by atoms with E-state index in [4.69, 9.17) is 4.74 Å². The van der Waals surface area contributed by atoms with E-state index in [1.54, 1.807) is 0 Å². The molecular formula is C18H36N2O2. The minimum Gasteiger partial charge on any atom is -0.444 e. The average molecular weight is 312 g/mol. The van der Waals surface area contributed by atoms with Crippen molar-refractivity contribution in [2.24, 2.45) is 5.92 Å². The van der Waals surface area contributed by atoms with Gasteiger partial charge in [0.2, 0.25) is 0 Å². The van der Waals surface area contributed by atoms with E-state index in [1.165, 1.54) is 19.3 Å². The lowest BCUT2D eigenvalue weighted by Crippen LogP contribution is -2.40. The van der Waals surface area contributed by atoms with Gasteiger partial charge in [0.05, 0.1) is 0 Å². The van der Waals surface area contributed by atoms with E-state index >= 15 is 0 Å². The van der Waals surface area contributed by atoms with Gasteiger partial charge < -0.3 is 15.4 Å². The Bertz CT molecular complexity index is 336. The highest BCUT2D eigenvalue weighted by Crippen LogP contribution is 2.21. The summed E-state index contributed by atoms with van der Waals surface area (Å²) in [7, 11) is 0. The number of ether oxygens (including phenoxy) is 1. The normalized spacial score (nSPS) is 23.6. The third-order valence-corrected chi connectivity index (χ3v) is 4.09. The summed E-state index contributed by atoms with van der Waals surface area (Å²) < 4.78 is 5.32. The molecule has 3 atom stereocenters. The Hall–Kier alpha value is -0.770. The fourth-order valence-electron chi connectivity index (χ4n) is 3.06. The van der Waals surface area contributed by atoms with E-state index in [2.05, 4.69) is 31.4 Å². The minimum absolute atomic E-state index is 0.246. The van der Waals surface area contributed by atoms with Crippen molar-refractivity contribution in [1.29, 1.82) is 0 Å². The second-order valence-electron chi connectivity index (χ2n) is 8.25. The van der Waals surface area contributed by atoms with Gasteiger partial charge in [0.25, 0.3) is 0 Å². The molecule has 4 nitrogen and oxygen atoms in total. The summed E-state index contributed by atoms with van der Waals surface area (Å²) in [5.41, 5.74) is -0.425. The molecule has 0 saturated heterocycles. The van der Waals surface area contributed by atoms with E-state index in [1.807, 2.05) is 20.8 Å². The van der Waals surface area contributed by atoms with E-state index < -0.39 is 5.60 Å². The molecule has 130 valence electrons. The van der Waals surface area contributed by atoms with E-state index in [0.717, 1.165) is 25.2 Å². The second kappa shape index (κ2) is 8.76. The van der Waals surface area contributed by atoms with Crippen molar-refractivity contribution >= 4 is 6.09 Å². The van der Waals surface area contributed by atoms with Gasteiger partial charge >= 0.3 is 6.09 Å². The molecule has 1 aliphatic rings. The Labute approximate surface area is 136 Å². The highest BCUT2D eigenvalue weighted by Gasteiger charge is 2.28. The molecule has 0 heterocycles. The molecule has 1 fully saturated rings. The molecule has 1 rings (SSSR count). The first kappa shape index (κ1) is 19.3. The van der Waals surface area contributed by atoms with Gasteiger partial charge in [-0.25, -0.2) is 4.79 Å². The summed E-state index contributed by atoms with van der Waals surface area (Å²) in [6.45, 7) is 12.5. The highest BCUT2D eigenvalue weighted by atomic mass is 16.6. The van der Waals surface area contributed by atoms with E-state index in [9.17, 15) is 4.79 Å². The van der Waals surface area contributed by atoms with Crippen LogP contribution in [0.4, 0.5) is 4.79 Å². The zero-order chi connectivity index (χ0) is 16.8. The Morgan fingerprint density at radius 2 is 1.77 bits per heavy atom. The van der Waals surface area contributed by atoms with Gasteiger partial charge in [-0.15, -0.1) is 0 Å². The number of rotatable bonds is 7. The second-order valence-corrected chi connectivity index (χ2v) is 8.25. The van der Waals surface area contributed by atoms with Crippen molar-refractivity contribution in [2.75, 3.05) is 0 Å². The number of nitrogens with one attached hydrogen (secondary N) is 2. The largest absolute Gasteiger partial charge is 0.444 e. The van der Waals surface area contributed by atoms with Gasteiger partial charge in [-0.1, -0.05) is 26.7 Å². The number of carbonyl (C=O) groups excluding carboxylic acids is 1. The fourth-order valence-corrected chi connectivity index (χ4v) is 3.06. The van der Waals surface area contributed by atoms with Gasteiger partial charge in [-0.05, 0) is 59.3 Å². The summed E-state index contributed by atoms with van der Waals surface area (Å²) in [4.78, 5) is 11.8. The monoisotopic (exact) mass is 312 g/mol. The summed E-state index contributed by atoms with van der Waals surface area (Å²) >= 11 is 0. The molecule has 0 spiro atoms. The van der Waals surface area contributed by atoms with Crippen LogP contribution in [0.5, 0.6) is 0 Å². The molecule has 0 bridgehead atoms. The third kappa shape index (κ3) is 8.62. The molecular weight excluding hydrogens is 276 g/mol. The van der Waals surface area contributed by atoms with Crippen LogP contribution in [0.3, 0.4) is 0 Å². The maximum absolute atomic E-state index is 11.8. The first-order chi connectivity index (χ1) is 10.2. The van der Waals surface area contributed by atoms with Crippen LogP contribution in [-0.4, -0.2) is 29.8 Å². The quantitative estimate of drug-likeness (QED) is 0.739. The molecule has 0 aliphatic heterocycles.